The average molecular weight is 711 g/mol. The molecule has 274 valence electrons. The molecule has 2 aliphatic carbocycles. The van der Waals surface area contributed by atoms with Gasteiger partial charge in [-0.1, -0.05) is 36.4 Å². The summed E-state index contributed by atoms with van der Waals surface area (Å²) in [4.78, 5) is 79.3. The Balaban J connectivity index is 1.90. The molecule has 1 N–H and O–H groups in total. The fourth-order valence-corrected chi connectivity index (χ4v) is 8.39. The quantitative estimate of drug-likeness (QED) is 0.295. The fraction of sp³-hybridized carbons (Fsp3) is 0.514. The highest BCUT2D eigenvalue weighted by atomic mass is 16.7. The molecule has 5 rings (SSSR count). The molecule has 1 spiro atoms. The molecule has 2 aromatic carbocycles. The SMILES string of the molecule is CC(=O)OC[C@]12[C@@H](OC(=O)c3ccccc3)[C@@H](OC(=O)c3ccccc3)[C@@H]3[C@@H](OC(C)=O)[C@]1(OC3(C)C)[C@@](C)(O)C[C@H](OC(C)=O)[C@@H]2OC(C)=O. The van der Waals surface area contributed by atoms with E-state index in [0.29, 0.717) is 0 Å². The van der Waals surface area contributed by atoms with Crippen LogP contribution in [-0.2, 0) is 52.3 Å². The van der Waals surface area contributed by atoms with Crippen molar-refractivity contribution in [1.29, 1.82) is 0 Å². The van der Waals surface area contributed by atoms with Crippen molar-refractivity contribution in [3.8, 4) is 0 Å². The van der Waals surface area contributed by atoms with Gasteiger partial charge in [-0.15, -0.1) is 0 Å². The number of carbonyl (C=O) groups excluding carboxylic acids is 6. The summed E-state index contributed by atoms with van der Waals surface area (Å²) in [5, 5.41) is 12.7. The molecule has 3 fully saturated rings. The van der Waals surface area contributed by atoms with E-state index in [2.05, 4.69) is 0 Å². The lowest BCUT2D eigenvalue weighted by atomic mass is 9.45. The Morgan fingerprint density at radius 3 is 1.65 bits per heavy atom. The van der Waals surface area contributed by atoms with E-state index in [-0.39, 0.29) is 11.1 Å². The van der Waals surface area contributed by atoms with E-state index in [1.54, 1.807) is 50.2 Å². The standard InChI is InChI=1S/C37H42O14/c1-20(38)45-19-36-29(47-22(3)40)26(46-21(2)39)18-35(7,44)37(36)30(48-23(4)41)27(34(5,6)51-37)28(49-32(42)24-14-10-8-11-15-24)31(36)50-33(43)25-16-12-9-13-17-25/h8-17,26-31,44H,18-19H2,1-7H3/t26-,27+,28-,29-,30+,31-,35-,36-,37-/m0/s1. The van der Waals surface area contributed by atoms with Crippen molar-refractivity contribution in [2.24, 2.45) is 11.3 Å². The highest BCUT2D eigenvalue weighted by molar-refractivity contribution is 5.90. The Hall–Kier alpha value is -4.82. The van der Waals surface area contributed by atoms with Crippen LogP contribution in [0.1, 0.15) is 75.6 Å². The van der Waals surface area contributed by atoms with Crippen LogP contribution in [0.15, 0.2) is 60.7 Å². The summed E-state index contributed by atoms with van der Waals surface area (Å²) in [5.74, 6) is -6.35. The van der Waals surface area contributed by atoms with E-state index in [4.69, 9.17) is 33.2 Å². The molecule has 2 saturated carbocycles. The van der Waals surface area contributed by atoms with E-state index in [1.165, 1.54) is 31.2 Å². The zero-order valence-electron chi connectivity index (χ0n) is 29.4. The maximum Gasteiger partial charge on any atom is 0.338 e. The molecule has 1 heterocycles. The first-order chi connectivity index (χ1) is 23.9. The molecule has 1 aliphatic heterocycles. The number of carbonyl (C=O) groups is 6. The van der Waals surface area contributed by atoms with E-state index in [9.17, 15) is 33.9 Å². The zero-order chi connectivity index (χ0) is 37.5. The van der Waals surface area contributed by atoms with Crippen LogP contribution in [0.4, 0.5) is 0 Å². The smallest absolute Gasteiger partial charge is 0.338 e. The molecule has 1 saturated heterocycles. The molecule has 14 nitrogen and oxygen atoms in total. The average Bonchev–Trinajstić information content (AvgIpc) is 3.24. The van der Waals surface area contributed by atoms with Crippen molar-refractivity contribution >= 4 is 35.8 Å². The summed E-state index contributed by atoms with van der Waals surface area (Å²) in [7, 11) is 0. The second-order valence-electron chi connectivity index (χ2n) is 13.9. The predicted molar refractivity (Wildman–Crippen MR) is 174 cm³/mol. The zero-order valence-corrected chi connectivity index (χ0v) is 29.4. The molecule has 0 radical (unpaired) electrons. The van der Waals surface area contributed by atoms with Crippen molar-refractivity contribution in [2.45, 2.75) is 102 Å². The topological polar surface area (TPSA) is 187 Å². The van der Waals surface area contributed by atoms with Gasteiger partial charge in [-0.2, -0.15) is 0 Å². The van der Waals surface area contributed by atoms with Crippen molar-refractivity contribution < 1.29 is 67.0 Å². The highest BCUT2D eigenvalue weighted by Gasteiger charge is 2.89. The van der Waals surface area contributed by atoms with Gasteiger partial charge >= 0.3 is 35.8 Å². The first-order valence-corrected chi connectivity index (χ1v) is 16.5. The number of hydrogen-bond donors (Lipinski definition) is 1. The normalized spacial score (nSPS) is 33.1. The highest BCUT2D eigenvalue weighted by Crippen LogP contribution is 2.69. The fourth-order valence-electron chi connectivity index (χ4n) is 8.39. The summed E-state index contributed by atoms with van der Waals surface area (Å²) >= 11 is 0. The number of benzene rings is 2. The number of fused-ring (bicyclic) bond motifs is 1. The van der Waals surface area contributed by atoms with Gasteiger partial charge in [0.25, 0.3) is 0 Å². The van der Waals surface area contributed by atoms with Crippen molar-refractivity contribution in [2.75, 3.05) is 6.61 Å². The molecule has 0 unspecified atom stereocenters. The molecule has 14 heteroatoms. The molecule has 51 heavy (non-hydrogen) atoms. The molecule has 3 aliphatic rings. The van der Waals surface area contributed by atoms with Gasteiger partial charge in [-0.25, -0.2) is 9.59 Å². The van der Waals surface area contributed by atoms with Crippen LogP contribution in [-0.4, -0.2) is 94.9 Å². The maximum atomic E-state index is 14.1. The number of ether oxygens (including phenoxy) is 7. The largest absolute Gasteiger partial charge is 0.465 e. The molecule has 2 aromatic rings. The second-order valence-corrected chi connectivity index (χ2v) is 13.9. The number of rotatable bonds is 9. The second kappa shape index (κ2) is 13.7. The lowest BCUT2D eigenvalue weighted by Crippen LogP contribution is -2.85. The Kier molecular flexibility index (Phi) is 10.1. The summed E-state index contributed by atoms with van der Waals surface area (Å²) < 4.78 is 42.9. The molecular formula is C37H42O14. The summed E-state index contributed by atoms with van der Waals surface area (Å²) in [6.07, 6.45) is -8.55. The summed E-state index contributed by atoms with van der Waals surface area (Å²) in [6, 6.07) is 15.7. The van der Waals surface area contributed by atoms with Gasteiger partial charge in [0.05, 0.1) is 28.2 Å². The Morgan fingerprint density at radius 1 is 0.667 bits per heavy atom. The molecular weight excluding hydrogens is 668 g/mol. The minimum atomic E-state index is -2.30. The third-order valence-corrected chi connectivity index (χ3v) is 9.96. The Bertz CT molecular complexity index is 1690. The van der Waals surface area contributed by atoms with Crippen LogP contribution < -0.4 is 0 Å². The number of aliphatic hydroxyl groups is 1. The third kappa shape index (κ3) is 6.46. The van der Waals surface area contributed by atoms with Crippen LogP contribution in [0, 0.1) is 11.3 Å². The molecule has 9 atom stereocenters. The molecule has 2 bridgehead atoms. The first kappa shape index (κ1) is 37.4. The van der Waals surface area contributed by atoms with E-state index in [0.717, 1.165) is 27.7 Å². The van der Waals surface area contributed by atoms with Gasteiger partial charge in [-0.3, -0.25) is 19.2 Å². The van der Waals surface area contributed by atoms with Crippen molar-refractivity contribution in [3.63, 3.8) is 0 Å². The molecule has 0 amide bonds. The van der Waals surface area contributed by atoms with E-state index in [1.807, 2.05) is 0 Å². The van der Waals surface area contributed by atoms with Crippen molar-refractivity contribution in [1.82, 2.24) is 0 Å². The Morgan fingerprint density at radius 2 is 1.16 bits per heavy atom. The summed E-state index contributed by atoms with van der Waals surface area (Å²) in [6.45, 7) is 8.15. The maximum absolute atomic E-state index is 14.1. The first-order valence-electron chi connectivity index (χ1n) is 16.5. The van der Waals surface area contributed by atoms with Crippen molar-refractivity contribution in [3.05, 3.63) is 71.8 Å². The van der Waals surface area contributed by atoms with Gasteiger partial charge in [-0.05, 0) is 45.0 Å². The lowest BCUT2D eigenvalue weighted by molar-refractivity contribution is -0.362. The predicted octanol–water partition coefficient (Wildman–Crippen LogP) is 3.11. The number of esters is 6. The summed E-state index contributed by atoms with van der Waals surface area (Å²) in [5.41, 5.74) is -8.01. The van der Waals surface area contributed by atoms with Gasteiger partial charge in [0.15, 0.2) is 17.8 Å². The number of hydrogen-bond acceptors (Lipinski definition) is 14. The lowest BCUT2D eigenvalue weighted by Gasteiger charge is -2.66. The van der Waals surface area contributed by atoms with Gasteiger partial charge in [0.2, 0.25) is 0 Å². The van der Waals surface area contributed by atoms with Gasteiger partial charge < -0.3 is 38.3 Å². The van der Waals surface area contributed by atoms with E-state index < -0.39 is 107 Å². The van der Waals surface area contributed by atoms with Gasteiger partial charge in [0.1, 0.15) is 30.3 Å². The van der Waals surface area contributed by atoms with Crippen LogP contribution in [0.5, 0.6) is 0 Å². The van der Waals surface area contributed by atoms with E-state index >= 15 is 0 Å². The van der Waals surface area contributed by atoms with Gasteiger partial charge in [0, 0.05) is 34.1 Å². The molecule has 0 aromatic heterocycles. The minimum Gasteiger partial charge on any atom is -0.465 e. The monoisotopic (exact) mass is 710 g/mol. The minimum absolute atomic E-state index is 0.0695. The van der Waals surface area contributed by atoms with Crippen LogP contribution in [0.2, 0.25) is 0 Å². The van der Waals surface area contributed by atoms with Crippen LogP contribution in [0.3, 0.4) is 0 Å². The third-order valence-electron chi connectivity index (χ3n) is 9.96. The Labute approximate surface area is 294 Å². The van der Waals surface area contributed by atoms with Crippen LogP contribution in [0.25, 0.3) is 0 Å². The van der Waals surface area contributed by atoms with Crippen LogP contribution >= 0.6 is 0 Å².